The highest BCUT2D eigenvalue weighted by atomic mass is 16.5. The summed E-state index contributed by atoms with van der Waals surface area (Å²) in [6.45, 7) is 1.99. The van der Waals surface area contributed by atoms with Crippen LogP contribution in [-0.2, 0) is 18.9 Å². The Hall–Kier alpha value is -3.29. The van der Waals surface area contributed by atoms with Gasteiger partial charge in [-0.05, 0) is 31.1 Å². The molecule has 8 nitrogen and oxygen atoms in total. The van der Waals surface area contributed by atoms with Crippen LogP contribution in [0.2, 0.25) is 0 Å². The van der Waals surface area contributed by atoms with Crippen molar-refractivity contribution in [3.05, 3.63) is 35.4 Å². The molecule has 8 heteroatoms. The Balaban J connectivity index is 1.55. The monoisotopic (exact) mass is 405 g/mol. The Bertz CT molecular complexity index is 1220. The third-order valence-electron chi connectivity index (χ3n) is 5.98. The van der Waals surface area contributed by atoms with E-state index in [2.05, 4.69) is 10.2 Å². The van der Waals surface area contributed by atoms with Crippen LogP contribution in [0.5, 0.6) is 5.88 Å². The Kier molecular flexibility index (Phi) is 4.30. The second-order valence-corrected chi connectivity index (χ2v) is 8.28. The van der Waals surface area contributed by atoms with E-state index in [1.165, 1.54) is 0 Å². The van der Waals surface area contributed by atoms with E-state index in [9.17, 15) is 9.59 Å². The number of aryl methyl sites for hydroxylation is 2. The third kappa shape index (κ3) is 3.22. The second kappa shape index (κ2) is 6.90. The van der Waals surface area contributed by atoms with Gasteiger partial charge in [0.15, 0.2) is 5.78 Å². The maximum atomic E-state index is 12.6. The molecule has 0 aromatic carbocycles. The summed E-state index contributed by atoms with van der Waals surface area (Å²) in [6.07, 6.45) is 7.69. The number of fused-ring (bicyclic) bond motifs is 2. The van der Waals surface area contributed by atoms with Crippen molar-refractivity contribution in [1.29, 1.82) is 0 Å². The summed E-state index contributed by atoms with van der Waals surface area (Å²) in [4.78, 5) is 29.1. The highest BCUT2D eigenvalue weighted by Gasteiger charge is 2.29. The molecule has 0 amide bonds. The summed E-state index contributed by atoms with van der Waals surface area (Å²) in [6, 6.07) is 1.89. The summed E-state index contributed by atoms with van der Waals surface area (Å²) in [5, 5.41) is 9.73. The van der Waals surface area contributed by atoms with E-state index in [1.807, 2.05) is 32.3 Å². The number of allylic oxidation sites excluding steroid dienone is 1. The van der Waals surface area contributed by atoms with Gasteiger partial charge in [0.25, 0.3) is 0 Å². The van der Waals surface area contributed by atoms with E-state index < -0.39 is 0 Å². The van der Waals surface area contributed by atoms with Gasteiger partial charge in [0.2, 0.25) is 5.88 Å². The summed E-state index contributed by atoms with van der Waals surface area (Å²) < 4.78 is 9.63. The van der Waals surface area contributed by atoms with Crippen LogP contribution in [0.15, 0.2) is 18.5 Å². The van der Waals surface area contributed by atoms with Crippen LogP contribution in [0.3, 0.4) is 0 Å². The van der Waals surface area contributed by atoms with Crippen LogP contribution in [0.4, 0.5) is 0 Å². The molecule has 0 bridgehead atoms. The van der Waals surface area contributed by atoms with Crippen molar-refractivity contribution in [2.24, 2.45) is 20.0 Å². The molecule has 3 aromatic rings. The fourth-order valence-corrected chi connectivity index (χ4v) is 4.35. The molecule has 154 valence electrons. The van der Waals surface area contributed by atoms with E-state index >= 15 is 0 Å². The first-order valence-electron chi connectivity index (χ1n) is 10.2. The molecule has 1 saturated carbocycles. The number of ether oxygens (including phenoxy) is 1. The van der Waals surface area contributed by atoms with Crippen molar-refractivity contribution >= 4 is 34.1 Å². The largest absolute Gasteiger partial charge is 0.474 e. The number of aromatic nitrogens is 5. The number of nitrogens with zero attached hydrogens (tertiary/aromatic N) is 5. The van der Waals surface area contributed by atoms with Crippen molar-refractivity contribution < 1.29 is 14.3 Å². The molecular formula is C22H23N5O3. The summed E-state index contributed by atoms with van der Waals surface area (Å²) in [5.74, 6) is 1.00. The molecule has 0 radical (unpaired) electrons. The van der Waals surface area contributed by atoms with Crippen molar-refractivity contribution in [3.8, 4) is 5.88 Å². The lowest BCUT2D eigenvalue weighted by Gasteiger charge is -2.20. The van der Waals surface area contributed by atoms with Gasteiger partial charge >= 0.3 is 0 Å². The van der Waals surface area contributed by atoms with Gasteiger partial charge in [-0.2, -0.15) is 10.2 Å². The SMILES string of the molecule is C[C@@H](Oc1nc(C2=Cc3nn(C)cc3C(=O)C2)cc2nn(C)cc12)[C@H]1CCC(=O)C1. The van der Waals surface area contributed by atoms with E-state index in [4.69, 9.17) is 9.72 Å². The predicted octanol–water partition coefficient (Wildman–Crippen LogP) is 2.97. The maximum Gasteiger partial charge on any atom is 0.225 e. The Morgan fingerprint density at radius 1 is 1.17 bits per heavy atom. The number of pyridine rings is 1. The predicted molar refractivity (Wildman–Crippen MR) is 111 cm³/mol. The number of ketones is 2. The first-order chi connectivity index (χ1) is 14.4. The lowest BCUT2D eigenvalue weighted by molar-refractivity contribution is -0.117. The number of rotatable bonds is 4. The lowest BCUT2D eigenvalue weighted by atomic mass is 9.94. The normalized spacial score (nSPS) is 19.8. The topological polar surface area (TPSA) is 91.9 Å². The van der Waals surface area contributed by atoms with Crippen LogP contribution >= 0.6 is 0 Å². The fraction of sp³-hybridized carbons (Fsp3) is 0.409. The van der Waals surface area contributed by atoms with Crippen LogP contribution in [0, 0.1) is 5.92 Å². The van der Waals surface area contributed by atoms with Gasteiger partial charge in [-0.3, -0.25) is 19.0 Å². The van der Waals surface area contributed by atoms with E-state index in [-0.39, 0.29) is 24.2 Å². The van der Waals surface area contributed by atoms with E-state index in [1.54, 1.807) is 22.6 Å². The molecule has 2 aliphatic rings. The summed E-state index contributed by atoms with van der Waals surface area (Å²) in [5.41, 5.74) is 3.51. The van der Waals surface area contributed by atoms with Crippen LogP contribution < -0.4 is 4.74 Å². The highest BCUT2D eigenvalue weighted by molar-refractivity contribution is 6.10. The average molecular weight is 405 g/mol. The Morgan fingerprint density at radius 3 is 2.73 bits per heavy atom. The minimum Gasteiger partial charge on any atom is -0.474 e. The number of hydrogen-bond donors (Lipinski definition) is 0. The standard InChI is InChI=1S/C22H23N5O3/c1-12(13-4-5-15(28)6-13)30-22-17-11-27(3)25-20(17)9-18(23-22)14-7-19-16(21(29)8-14)10-26(2)24-19/h7,9-13H,4-6,8H2,1-3H3/t12-,13+/m1/s1. The zero-order valence-corrected chi connectivity index (χ0v) is 17.3. The molecule has 30 heavy (non-hydrogen) atoms. The minimum absolute atomic E-state index is 0.0267. The Labute approximate surface area is 173 Å². The molecule has 0 N–H and O–H groups in total. The molecule has 0 saturated heterocycles. The smallest absolute Gasteiger partial charge is 0.225 e. The molecular weight excluding hydrogens is 382 g/mol. The van der Waals surface area contributed by atoms with E-state index in [0.29, 0.717) is 41.5 Å². The van der Waals surface area contributed by atoms with Gasteiger partial charge in [0.1, 0.15) is 11.9 Å². The fourth-order valence-electron chi connectivity index (χ4n) is 4.35. The lowest BCUT2D eigenvalue weighted by Crippen LogP contribution is -2.22. The highest BCUT2D eigenvalue weighted by Crippen LogP contribution is 2.34. The zero-order valence-electron chi connectivity index (χ0n) is 17.3. The van der Waals surface area contributed by atoms with Gasteiger partial charge in [0.05, 0.1) is 27.9 Å². The van der Waals surface area contributed by atoms with Crippen molar-refractivity contribution in [3.63, 3.8) is 0 Å². The third-order valence-corrected chi connectivity index (χ3v) is 5.98. The second-order valence-electron chi connectivity index (χ2n) is 8.28. The molecule has 1 fully saturated rings. The van der Waals surface area contributed by atoms with Gasteiger partial charge < -0.3 is 4.74 Å². The van der Waals surface area contributed by atoms with Crippen molar-refractivity contribution in [1.82, 2.24) is 24.5 Å². The average Bonchev–Trinajstić information content (AvgIpc) is 3.38. The molecule has 0 aliphatic heterocycles. The molecule has 5 rings (SSSR count). The van der Waals surface area contributed by atoms with Gasteiger partial charge in [-0.15, -0.1) is 0 Å². The van der Waals surface area contributed by atoms with Gasteiger partial charge in [0, 0.05) is 51.7 Å². The Morgan fingerprint density at radius 2 is 1.97 bits per heavy atom. The number of Topliss-reactive ketones (excluding diaryl/α,β-unsaturated/α-hetero) is 2. The number of carbonyl (C=O) groups is 2. The molecule has 3 aromatic heterocycles. The van der Waals surface area contributed by atoms with Crippen molar-refractivity contribution in [2.45, 2.75) is 38.7 Å². The number of hydrogen-bond acceptors (Lipinski definition) is 6. The number of carbonyl (C=O) groups excluding carboxylic acids is 2. The van der Waals surface area contributed by atoms with Gasteiger partial charge in [-0.1, -0.05) is 0 Å². The minimum atomic E-state index is -0.132. The van der Waals surface area contributed by atoms with Crippen LogP contribution in [0.25, 0.3) is 22.6 Å². The first-order valence-corrected chi connectivity index (χ1v) is 10.2. The molecule has 3 heterocycles. The van der Waals surface area contributed by atoms with Crippen LogP contribution in [-0.4, -0.2) is 42.2 Å². The van der Waals surface area contributed by atoms with Crippen molar-refractivity contribution in [2.75, 3.05) is 0 Å². The summed E-state index contributed by atoms with van der Waals surface area (Å²) >= 11 is 0. The maximum absolute atomic E-state index is 12.6. The first kappa shape index (κ1) is 18.7. The van der Waals surface area contributed by atoms with Gasteiger partial charge in [-0.25, -0.2) is 4.98 Å². The van der Waals surface area contributed by atoms with Crippen LogP contribution in [0.1, 0.15) is 54.4 Å². The van der Waals surface area contributed by atoms with E-state index in [0.717, 1.165) is 22.9 Å². The molecule has 2 aliphatic carbocycles. The molecule has 0 unspecified atom stereocenters. The molecule has 0 spiro atoms. The molecule has 2 atom stereocenters. The quantitative estimate of drug-likeness (QED) is 0.663. The zero-order chi connectivity index (χ0) is 21.0. The summed E-state index contributed by atoms with van der Waals surface area (Å²) in [7, 11) is 3.66.